The molecule has 1 heterocycles. The van der Waals surface area contributed by atoms with Gasteiger partial charge in [0.25, 0.3) is 0 Å². The van der Waals surface area contributed by atoms with E-state index >= 15 is 0 Å². The van der Waals surface area contributed by atoms with E-state index in [0.717, 1.165) is 0 Å². The molecule has 1 nitrogen and oxygen atoms in total. The quantitative estimate of drug-likeness (QED) is 0.186. The van der Waals surface area contributed by atoms with Gasteiger partial charge in [0.2, 0.25) is 0 Å². The molecule has 1 atom stereocenters. The number of anilines is 3. The SMILES string of the molecule is c1ccc2c(c1)-c1cccc3c1C21c2cc(N(c4ccc5c(c4)sc4ccccc45)c4cccc5ccccc45)ccc2-c2cccc-3c21. The minimum atomic E-state index is -0.320. The Labute approximate surface area is 288 Å². The Morgan fingerprint density at radius 3 is 1.80 bits per heavy atom. The second kappa shape index (κ2) is 9.14. The van der Waals surface area contributed by atoms with E-state index < -0.39 is 0 Å². The standard InChI is InChI=1S/C47H27NS/c1-2-12-31-28(10-1)11-7-20-42(31)48(30-23-25-35-34-14-4-6-21-43(34)49-44(35)27-30)29-22-24-33-37-16-9-18-39-38-17-8-15-36-32-13-3-5-19-40(32)47(45(36)38,46(37)39)41(33)26-29/h1-27H. The number of hydrogen-bond donors (Lipinski definition) is 0. The molecular weight excluding hydrogens is 611 g/mol. The van der Waals surface area contributed by atoms with Crippen molar-refractivity contribution in [3.63, 3.8) is 0 Å². The number of benzene rings is 8. The van der Waals surface area contributed by atoms with Gasteiger partial charge in [0.05, 0.1) is 11.1 Å². The van der Waals surface area contributed by atoms with Crippen LogP contribution < -0.4 is 4.90 Å². The van der Waals surface area contributed by atoms with Crippen LogP contribution in [0, 0.1) is 0 Å². The first kappa shape index (κ1) is 26.0. The maximum Gasteiger partial charge on any atom is 0.0738 e. The Bertz CT molecular complexity index is 2870. The Balaban J connectivity index is 1.17. The summed E-state index contributed by atoms with van der Waals surface area (Å²) in [7, 11) is 0. The zero-order valence-corrected chi connectivity index (χ0v) is 27.3. The average Bonchev–Trinajstić information content (AvgIpc) is 3.87. The van der Waals surface area contributed by atoms with Gasteiger partial charge in [0, 0.05) is 36.9 Å². The topological polar surface area (TPSA) is 3.24 Å². The van der Waals surface area contributed by atoms with E-state index in [9.17, 15) is 0 Å². The molecule has 0 aliphatic heterocycles. The summed E-state index contributed by atoms with van der Waals surface area (Å²) >= 11 is 1.88. The van der Waals surface area contributed by atoms with Crippen LogP contribution in [0.4, 0.5) is 17.1 Å². The Kier molecular flexibility index (Phi) is 4.86. The fourth-order valence-corrected chi connectivity index (χ4v) is 10.7. The predicted octanol–water partition coefficient (Wildman–Crippen LogP) is 13.0. The molecule has 0 radical (unpaired) electrons. The first-order chi connectivity index (χ1) is 24.3. The Morgan fingerprint density at radius 1 is 0.388 bits per heavy atom. The van der Waals surface area contributed by atoms with Crippen molar-refractivity contribution < 1.29 is 0 Å². The summed E-state index contributed by atoms with van der Waals surface area (Å²) < 4.78 is 2.63. The first-order valence-corrected chi connectivity index (χ1v) is 17.8. The Morgan fingerprint density at radius 2 is 0.959 bits per heavy atom. The lowest BCUT2D eigenvalue weighted by molar-refractivity contribution is 0.818. The molecule has 0 bridgehead atoms. The van der Waals surface area contributed by atoms with Crippen LogP contribution in [0.25, 0.3) is 64.3 Å². The van der Waals surface area contributed by atoms with Crippen molar-refractivity contribution in [2.45, 2.75) is 5.41 Å². The van der Waals surface area contributed by atoms with Crippen molar-refractivity contribution >= 4 is 59.3 Å². The van der Waals surface area contributed by atoms with E-state index in [1.807, 2.05) is 11.3 Å². The normalized spacial score (nSPS) is 15.8. The largest absolute Gasteiger partial charge is 0.310 e. The van der Waals surface area contributed by atoms with Crippen LogP contribution >= 0.6 is 11.3 Å². The molecule has 3 aliphatic carbocycles. The average molecular weight is 638 g/mol. The van der Waals surface area contributed by atoms with Crippen molar-refractivity contribution in [3.05, 3.63) is 186 Å². The third-order valence-electron chi connectivity index (χ3n) is 11.4. The van der Waals surface area contributed by atoms with Crippen LogP contribution in [0.15, 0.2) is 164 Å². The molecule has 12 rings (SSSR count). The smallest absolute Gasteiger partial charge is 0.0738 e. The molecule has 226 valence electrons. The highest BCUT2D eigenvalue weighted by molar-refractivity contribution is 7.25. The lowest BCUT2D eigenvalue weighted by Gasteiger charge is -2.31. The Hall–Kier alpha value is -5.96. The van der Waals surface area contributed by atoms with Gasteiger partial charge in [-0.2, -0.15) is 0 Å². The van der Waals surface area contributed by atoms with E-state index in [1.165, 1.54) is 104 Å². The van der Waals surface area contributed by atoms with Crippen LogP contribution in [-0.4, -0.2) is 0 Å². The minimum Gasteiger partial charge on any atom is -0.310 e. The summed E-state index contributed by atoms with van der Waals surface area (Å²) in [5.74, 6) is 0. The van der Waals surface area contributed by atoms with Gasteiger partial charge < -0.3 is 4.90 Å². The van der Waals surface area contributed by atoms with E-state index in [4.69, 9.17) is 0 Å². The number of nitrogens with zero attached hydrogens (tertiary/aromatic N) is 1. The maximum atomic E-state index is 2.52. The lowest BCUT2D eigenvalue weighted by Crippen LogP contribution is -2.23. The van der Waals surface area contributed by atoms with Crippen molar-refractivity contribution in [1.29, 1.82) is 0 Å². The molecule has 8 aromatic carbocycles. The van der Waals surface area contributed by atoms with Crippen LogP contribution in [-0.2, 0) is 5.41 Å². The molecule has 0 saturated carbocycles. The van der Waals surface area contributed by atoms with E-state index in [2.05, 4.69) is 169 Å². The summed E-state index contributed by atoms with van der Waals surface area (Å²) in [5.41, 5.74) is 17.1. The number of fused-ring (bicyclic) bond motifs is 9. The summed E-state index contributed by atoms with van der Waals surface area (Å²) in [6, 6.07) is 61.5. The second-order valence-electron chi connectivity index (χ2n) is 13.6. The van der Waals surface area contributed by atoms with Crippen molar-refractivity contribution in [1.82, 2.24) is 0 Å². The maximum absolute atomic E-state index is 2.52. The minimum absolute atomic E-state index is 0.320. The van der Waals surface area contributed by atoms with Crippen molar-refractivity contribution in [3.8, 4) is 33.4 Å². The first-order valence-electron chi connectivity index (χ1n) is 17.0. The van der Waals surface area contributed by atoms with Crippen LogP contribution in [0.2, 0.25) is 0 Å². The summed E-state index contributed by atoms with van der Waals surface area (Å²) in [6.07, 6.45) is 0. The molecule has 0 saturated heterocycles. The molecule has 49 heavy (non-hydrogen) atoms. The van der Waals surface area contributed by atoms with E-state index in [-0.39, 0.29) is 5.41 Å². The summed E-state index contributed by atoms with van der Waals surface area (Å²) in [5, 5.41) is 5.12. The molecule has 9 aromatic rings. The summed E-state index contributed by atoms with van der Waals surface area (Å²) in [6.45, 7) is 0. The fourth-order valence-electron chi connectivity index (χ4n) is 9.56. The van der Waals surface area contributed by atoms with Gasteiger partial charge in [-0.1, -0.05) is 127 Å². The number of thiophene rings is 1. The zero-order chi connectivity index (χ0) is 31.8. The molecule has 0 amide bonds. The molecule has 1 spiro atoms. The van der Waals surface area contributed by atoms with Crippen LogP contribution in [0.3, 0.4) is 0 Å². The predicted molar refractivity (Wildman–Crippen MR) is 207 cm³/mol. The number of hydrogen-bond acceptors (Lipinski definition) is 2. The second-order valence-corrected chi connectivity index (χ2v) is 14.7. The molecular formula is C47H27NS. The third-order valence-corrected chi connectivity index (χ3v) is 12.5. The molecule has 0 fully saturated rings. The van der Waals surface area contributed by atoms with Crippen molar-refractivity contribution in [2.24, 2.45) is 0 Å². The molecule has 1 unspecified atom stereocenters. The number of rotatable bonds is 3. The van der Waals surface area contributed by atoms with Gasteiger partial charge in [-0.05, 0) is 97.4 Å². The zero-order valence-electron chi connectivity index (χ0n) is 26.4. The van der Waals surface area contributed by atoms with Crippen LogP contribution in [0.5, 0.6) is 0 Å². The molecule has 3 aliphatic rings. The van der Waals surface area contributed by atoms with Gasteiger partial charge >= 0.3 is 0 Å². The van der Waals surface area contributed by atoms with E-state index in [1.54, 1.807) is 0 Å². The van der Waals surface area contributed by atoms with Gasteiger partial charge in [0.15, 0.2) is 0 Å². The van der Waals surface area contributed by atoms with Gasteiger partial charge in [-0.15, -0.1) is 11.3 Å². The highest BCUT2D eigenvalue weighted by Gasteiger charge is 2.57. The van der Waals surface area contributed by atoms with Gasteiger partial charge in [-0.25, -0.2) is 0 Å². The van der Waals surface area contributed by atoms with Gasteiger partial charge in [-0.3, -0.25) is 0 Å². The highest BCUT2D eigenvalue weighted by Crippen LogP contribution is 2.70. The third kappa shape index (κ3) is 3.12. The summed E-state index contributed by atoms with van der Waals surface area (Å²) in [4.78, 5) is 2.50. The van der Waals surface area contributed by atoms with E-state index in [0.29, 0.717) is 0 Å². The van der Waals surface area contributed by atoms with Crippen LogP contribution in [0.1, 0.15) is 22.3 Å². The van der Waals surface area contributed by atoms with Crippen molar-refractivity contribution in [2.75, 3.05) is 4.90 Å². The molecule has 2 heteroatoms. The fraction of sp³-hybridized carbons (Fsp3) is 0.0213. The van der Waals surface area contributed by atoms with Gasteiger partial charge in [0.1, 0.15) is 0 Å². The molecule has 0 N–H and O–H groups in total. The lowest BCUT2D eigenvalue weighted by atomic mass is 9.73. The molecule has 1 aromatic heterocycles. The monoisotopic (exact) mass is 637 g/mol. The highest BCUT2D eigenvalue weighted by atomic mass is 32.1.